The fraction of sp³-hybridized carbons (Fsp3) is 0.435. The fourth-order valence-corrected chi connectivity index (χ4v) is 2.97. The van der Waals surface area contributed by atoms with Crippen molar-refractivity contribution in [1.82, 2.24) is 20.9 Å². The number of benzene rings is 1. The Labute approximate surface area is 183 Å². The minimum absolute atomic E-state index is 0.209. The van der Waals surface area contributed by atoms with Crippen molar-refractivity contribution in [3.05, 3.63) is 65.5 Å². The SMILES string of the molecule is CNC(=O)c1cncc(CNC[C@H](O)[C@H](Cc2ccccc2)NC(=O)OC(C)(C)C)c1. The Hall–Kier alpha value is -2.97. The minimum Gasteiger partial charge on any atom is -0.444 e. The topological polar surface area (TPSA) is 113 Å². The lowest BCUT2D eigenvalue weighted by Crippen LogP contribution is -2.49. The molecule has 2 amide bonds. The van der Waals surface area contributed by atoms with Gasteiger partial charge in [0, 0.05) is 32.5 Å². The average Bonchev–Trinajstić information content (AvgIpc) is 2.72. The molecular formula is C23H32N4O4. The van der Waals surface area contributed by atoms with Gasteiger partial charge in [-0.3, -0.25) is 9.78 Å². The number of alkyl carbamates (subject to hydrolysis) is 1. The van der Waals surface area contributed by atoms with Crippen molar-refractivity contribution < 1.29 is 19.4 Å². The van der Waals surface area contributed by atoms with Crippen molar-refractivity contribution in [2.24, 2.45) is 0 Å². The third-order valence-corrected chi connectivity index (χ3v) is 4.43. The van der Waals surface area contributed by atoms with E-state index in [0.717, 1.165) is 11.1 Å². The maximum absolute atomic E-state index is 12.3. The first-order valence-electron chi connectivity index (χ1n) is 10.3. The number of aromatic nitrogens is 1. The standard InChI is InChI=1S/C23H32N4O4/c1-23(2,3)31-22(30)27-19(11-16-8-6-5-7-9-16)20(28)15-26-13-17-10-18(14-25-12-17)21(29)24-4/h5-10,12,14,19-20,26,28H,11,13,15H2,1-4H3,(H,24,29)(H,27,30)/t19-,20-/m0/s1. The van der Waals surface area contributed by atoms with Crippen molar-refractivity contribution in [2.45, 2.75) is 51.5 Å². The highest BCUT2D eigenvalue weighted by Crippen LogP contribution is 2.10. The van der Waals surface area contributed by atoms with E-state index in [1.54, 1.807) is 40.1 Å². The predicted molar refractivity (Wildman–Crippen MR) is 119 cm³/mol. The quantitative estimate of drug-likeness (QED) is 0.486. The van der Waals surface area contributed by atoms with Gasteiger partial charge >= 0.3 is 6.09 Å². The van der Waals surface area contributed by atoms with E-state index in [1.165, 1.54) is 6.20 Å². The highest BCUT2D eigenvalue weighted by Gasteiger charge is 2.25. The zero-order valence-electron chi connectivity index (χ0n) is 18.5. The highest BCUT2D eigenvalue weighted by molar-refractivity contribution is 5.93. The van der Waals surface area contributed by atoms with Crippen LogP contribution in [0.25, 0.3) is 0 Å². The van der Waals surface area contributed by atoms with Gasteiger partial charge in [0.25, 0.3) is 5.91 Å². The second kappa shape index (κ2) is 11.4. The molecule has 0 aliphatic rings. The number of hydrogen-bond acceptors (Lipinski definition) is 6. The van der Waals surface area contributed by atoms with Crippen LogP contribution in [0.2, 0.25) is 0 Å². The molecule has 1 aromatic heterocycles. The molecule has 4 N–H and O–H groups in total. The van der Waals surface area contributed by atoms with E-state index in [4.69, 9.17) is 4.74 Å². The van der Waals surface area contributed by atoms with Crippen LogP contribution in [0.4, 0.5) is 4.79 Å². The van der Waals surface area contributed by atoms with E-state index in [2.05, 4.69) is 20.9 Å². The van der Waals surface area contributed by atoms with Crippen LogP contribution in [0.3, 0.4) is 0 Å². The van der Waals surface area contributed by atoms with Crippen LogP contribution in [0, 0.1) is 0 Å². The lowest BCUT2D eigenvalue weighted by molar-refractivity contribution is 0.0422. The molecule has 2 aromatic rings. The molecule has 0 spiro atoms. The molecule has 2 atom stereocenters. The molecule has 0 aliphatic heterocycles. The van der Waals surface area contributed by atoms with Crippen LogP contribution < -0.4 is 16.0 Å². The largest absolute Gasteiger partial charge is 0.444 e. The van der Waals surface area contributed by atoms with Gasteiger partial charge < -0.3 is 25.8 Å². The first-order chi connectivity index (χ1) is 14.7. The molecule has 8 heteroatoms. The normalized spacial score (nSPS) is 13.2. The summed E-state index contributed by atoms with van der Waals surface area (Å²) in [5.41, 5.74) is 1.64. The van der Waals surface area contributed by atoms with E-state index in [9.17, 15) is 14.7 Å². The van der Waals surface area contributed by atoms with E-state index in [0.29, 0.717) is 18.5 Å². The maximum atomic E-state index is 12.3. The number of rotatable bonds is 9. The Morgan fingerprint density at radius 3 is 2.48 bits per heavy atom. The third kappa shape index (κ3) is 8.74. The third-order valence-electron chi connectivity index (χ3n) is 4.43. The number of aliphatic hydroxyl groups excluding tert-OH is 1. The summed E-state index contributed by atoms with van der Waals surface area (Å²) < 4.78 is 5.35. The van der Waals surface area contributed by atoms with E-state index in [-0.39, 0.29) is 12.5 Å². The molecule has 0 bridgehead atoms. The molecule has 0 radical (unpaired) electrons. The summed E-state index contributed by atoms with van der Waals surface area (Å²) in [6.45, 7) is 6.02. The molecule has 0 saturated heterocycles. The first-order valence-corrected chi connectivity index (χ1v) is 10.3. The van der Waals surface area contributed by atoms with Crippen LogP contribution in [0.1, 0.15) is 42.3 Å². The Balaban J connectivity index is 1.98. The van der Waals surface area contributed by atoms with Gasteiger partial charge in [-0.05, 0) is 44.4 Å². The summed E-state index contributed by atoms with van der Waals surface area (Å²) in [4.78, 5) is 28.1. The predicted octanol–water partition coefficient (Wildman–Crippen LogP) is 2.03. The van der Waals surface area contributed by atoms with E-state index < -0.39 is 23.8 Å². The number of carbonyl (C=O) groups excluding carboxylic acids is 2. The molecule has 0 unspecified atom stereocenters. The molecule has 1 aromatic carbocycles. The minimum atomic E-state index is -0.859. The number of amides is 2. The fourth-order valence-electron chi connectivity index (χ4n) is 2.97. The number of hydrogen-bond donors (Lipinski definition) is 4. The number of aliphatic hydroxyl groups is 1. The highest BCUT2D eigenvalue weighted by atomic mass is 16.6. The second-order valence-corrected chi connectivity index (χ2v) is 8.30. The first kappa shape index (κ1) is 24.3. The summed E-state index contributed by atoms with van der Waals surface area (Å²) in [6.07, 6.45) is 2.18. The van der Waals surface area contributed by atoms with Crippen LogP contribution in [-0.4, -0.2) is 53.4 Å². The monoisotopic (exact) mass is 428 g/mol. The van der Waals surface area contributed by atoms with Gasteiger partial charge in [0.1, 0.15) is 5.60 Å². The zero-order valence-corrected chi connectivity index (χ0v) is 18.5. The molecule has 31 heavy (non-hydrogen) atoms. The number of nitrogens with one attached hydrogen (secondary N) is 3. The summed E-state index contributed by atoms with van der Waals surface area (Å²) in [5.74, 6) is -0.209. The second-order valence-electron chi connectivity index (χ2n) is 8.30. The smallest absolute Gasteiger partial charge is 0.407 e. The van der Waals surface area contributed by atoms with Crippen molar-refractivity contribution >= 4 is 12.0 Å². The van der Waals surface area contributed by atoms with Gasteiger partial charge in [0.2, 0.25) is 0 Å². The van der Waals surface area contributed by atoms with E-state index in [1.807, 2.05) is 30.3 Å². The van der Waals surface area contributed by atoms with E-state index >= 15 is 0 Å². The van der Waals surface area contributed by atoms with Crippen molar-refractivity contribution in [2.75, 3.05) is 13.6 Å². The Kier molecular flexibility index (Phi) is 8.96. The Morgan fingerprint density at radius 2 is 1.84 bits per heavy atom. The van der Waals surface area contributed by atoms with Gasteiger partial charge in [-0.2, -0.15) is 0 Å². The molecule has 0 saturated carbocycles. The lowest BCUT2D eigenvalue weighted by atomic mass is 10.0. The Morgan fingerprint density at radius 1 is 1.13 bits per heavy atom. The summed E-state index contributed by atoms with van der Waals surface area (Å²) in [5, 5.41) is 19.3. The van der Waals surface area contributed by atoms with Gasteiger partial charge in [-0.1, -0.05) is 30.3 Å². The van der Waals surface area contributed by atoms with Crippen LogP contribution in [0.15, 0.2) is 48.8 Å². The molecule has 1 heterocycles. The average molecular weight is 429 g/mol. The molecule has 0 aliphatic carbocycles. The number of ether oxygens (including phenoxy) is 1. The van der Waals surface area contributed by atoms with Gasteiger partial charge in [0.15, 0.2) is 0 Å². The van der Waals surface area contributed by atoms with Crippen LogP contribution >= 0.6 is 0 Å². The molecule has 168 valence electrons. The van der Waals surface area contributed by atoms with Crippen LogP contribution in [-0.2, 0) is 17.7 Å². The summed E-state index contributed by atoms with van der Waals surface area (Å²) in [7, 11) is 1.56. The lowest BCUT2D eigenvalue weighted by Gasteiger charge is -2.27. The number of nitrogens with zero attached hydrogens (tertiary/aromatic N) is 1. The van der Waals surface area contributed by atoms with Gasteiger partial charge in [-0.25, -0.2) is 4.79 Å². The van der Waals surface area contributed by atoms with Gasteiger partial charge in [0.05, 0.1) is 17.7 Å². The molecule has 0 fully saturated rings. The molecular weight excluding hydrogens is 396 g/mol. The Bertz CT molecular complexity index is 852. The molecule has 8 nitrogen and oxygen atoms in total. The van der Waals surface area contributed by atoms with Crippen molar-refractivity contribution in [3.63, 3.8) is 0 Å². The zero-order chi connectivity index (χ0) is 22.9. The number of carbonyl (C=O) groups is 2. The van der Waals surface area contributed by atoms with Crippen molar-refractivity contribution in [1.29, 1.82) is 0 Å². The van der Waals surface area contributed by atoms with Crippen LogP contribution in [0.5, 0.6) is 0 Å². The van der Waals surface area contributed by atoms with Gasteiger partial charge in [-0.15, -0.1) is 0 Å². The molecule has 2 rings (SSSR count). The summed E-state index contributed by atoms with van der Waals surface area (Å²) in [6, 6.07) is 10.8. The maximum Gasteiger partial charge on any atom is 0.407 e. The summed E-state index contributed by atoms with van der Waals surface area (Å²) >= 11 is 0. The van der Waals surface area contributed by atoms with Crippen molar-refractivity contribution in [3.8, 4) is 0 Å². The number of pyridine rings is 1.